The molecule has 3 nitrogen and oxygen atoms in total. The van der Waals surface area contributed by atoms with Crippen LogP contribution in [0.3, 0.4) is 0 Å². The van der Waals surface area contributed by atoms with Gasteiger partial charge in [0, 0.05) is 10.9 Å². The van der Waals surface area contributed by atoms with Crippen LogP contribution in [0.15, 0.2) is 54.6 Å². The third kappa shape index (κ3) is 2.40. The Morgan fingerprint density at radius 1 is 1.21 bits per heavy atom. The van der Waals surface area contributed by atoms with Crippen LogP contribution in [0.2, 0.25) is 5.02 Å². The molecule has 2 aliphatic rings. The van der Waals surface area contributed by atoms with Crippen molar-refractivity contribution in [3.8, 4) is 0 Å². The molecule has 0 bridgehead atoms. The van der Waals surface area contributed by atoms with E-state index in [2.05, 4.69) is 35.7 Å². The fourth-order valence-corrected chi connectivity index (χ4v) is 4.03. The summed E-state index contributed by atoms with van der Waals surface area (Å²) >= 11 is 6.03. The molecular formula is C20H18ClNO2. The summed E-state index contributed by atoms with van der Waals surface area (Å²) in [6, 6.07) is 13.9. The molecular weight excluding hydrogens is 322 g/mol. The summed E-state index contributed by atoms with van der Waals surface area (Å²) in [6.45, 7) is 0. The van der Waals surface area contributed by atoms with Gasteiger partial charge in [-0.2, -0.15) is 0 Å². The van der Waals surface area contributed by atoms with E-state index in [-0.39, 0.29) is 12.0 Å². The van der Waals surface area contributed by atoms with E-state index in [9.17, 15) is 4.79 Å². The van der Waals surface area contributed by atoms with Crippen LogP contribution in [-0.2, 0) is 4.74 Å². The van der Waals surface area contributed by atoms with Gasteiger partial charge in [0.15, 0.2) is 0 Å². The van der Waals surface area contributed by atoms with Gasteiger partial charge < -0.3 is 10.1 Å². The van der Waals surface area contributed by atoms with E-state index in [1.807, 2.05) is 24.3 Å². The number of benzene rings is 2. The Morgan fingerprint density at radius 3 is 2.75 bits per heavy atom. The summed E-state index contributed by atoms with van der Waals surface area (Å²) in [4.78, 5) is 12.2. The molecule has 4 rings (SSSR count). The number of fused-ring (bicyclic) bond motifs is 3. The number of para-hydroxylation sites is 1. The quantitative estimate of drug-likeness (QED) is 0.621. The number of rotatable bonds is 2. The first-order chi connectivity index (χ1) is 11.7. The topological polar surface area (TPSA) is 38.3 Å². The molecule has 2 aromatic rings. The molecule has 1 heterocycles. The van der Waals surface area contributed by atoms with Crippen LogP contribution < -0.4 is 5.32 Å². The maximum absolute atomic E-state index is 12.2. The SMILES string of the molecule is COC(=O)c1cccc2c1N[C@H](c1ccc(Cl)cc1)[C@H]1CC=C[C@H]21. The minimum Gasteiger partial charge on any atom is -0.465 e. The lowest BCUT2D eigenvalue weighted by Gasteiger charge is -2.38. The molecule has 1 aliphatic heterocycles. The van der Waals surface area contributed by atoms with Crippen molar-refractivity contribution in [2.75, 3.05) is 12.4 Å². The molecule has 2 aromatic carbocycles. The average molecular weight is 340 g/mol. The van der Waals surface area contributed by atoms with Crippen LogP contribution >= 0.6 is 11.6 Å². The molecule has 0 radical (unpaired) electrons. The molecule has 0 aromatic heterocycles. The van der Waals surface area contributed by atoms with Crippen molar-refractivity contribution in [1.82, 2.24) is 0 Å². The van der Waals surface area contributed by atoms with E-state index in [4.69, 9.17) is 16.3 Å². The minimum absolute atomic E-state index is 0.139. The molecule has 0 spiro atoms. The molecule has 0 fully saturated rings. The Bertz CT molecular complexity index is 813. The van der Waals surface area contributed by atoms with Crippen molar-refractivity contribution in [3.63, 3.8) is 0 Å². The van der Waals surface area contributed by atoms with Crippen molar-refractivity contribution in [1.29, 1.82) is 0 Å². The van der Waals surface area contributed by atoms with Gasteiger partial charge >= 0.3 is 5.97 Å². The standard InChI is InChI=1S/C20H18ClNO2/c1-24-20(23)17-7-3-6-16-14-4-2-5-15(14)18(22-19(16)17)12-8-10-13(21)11-9-12/h2-4,6-11,14-15,18,22H,5H2,1H3/t14-,15-,18+/m0/s1. The molecule has 0 unspecified atom stereocenters. The second kappa shape index (κ2) is 5.99. The third-order valence-corrected chi connectivity index (χ3v) is 5.28. The average Bonchev–Trinajstić information content (AvgIpc) is 3.10. The monoisotopic (exact) mass is 339 g/mol. The third-order valence-electron chi connectivity index (χ3n) is 5.03. The lowest BCUT2D eigenvalue weighted by atomic mass is 9.76. The number of esters is 1. The largest absolute Gasteiger partial charge is 0.465 e. The van der Waals surface area contributed by atoms with Crippen LogP contribution in [0.1, 0.15) is 39.9 Å². The predicted molar refractivity (Wildman–Crippen MR) is 95.6 cm³/mol. The predicted octanol–water partition coefficient (Wildman–Crippen LogP) is 4.95. The molecule has 1 N–H and O–H groups in total. The van der Waals surface area contributed by atoms with Gasteiger partial charge in [-0.05, 0) is 41.7 Å². The summed E-state index contributed by atoms with van der Waals surface area (Å²) in [5.74, 6) is 0.438. The van der Waals surface area contributed by atoms with E-state index in [0.29, 0.717) is 17.4 Å². The Kier molecular flexibility index (Phi) is 3.81. The number of anilines is 1. The smallest absolute Gasteiger partial charge is 0.339 e. The number of hydrogen-bond donors (Lipinski definition) is 1. The second-order valence-corrected chi connectivity index (χ2v) is 6.72. The highest BCUT2D eigenvalue weighted by Crippen LogP contribution is 2.50. The summed E-state index contributed by atoms with van der Waals surface area (Å²) in [6.07, 6.45) is 5.51. The Balaban J connectivity index is 1.82. The van der Waals surface area contributed by atoms with Gasteiger partial charge in [0.25, 0.3) is 0 Å². The van der Waals surface area contributed by atoms with Gasteiger partial charge in [0.05, 0.1) is 24.4 Å². The number of ether oxygens (including phenoxy) is 1. The number of carbonyl (C=O) groups excluding carboxylic acids is 1. The van der Waals surface area contributed by atoms with Crippen molar-refractivity contribution < 1.29 is 9.53 Å². The van der Waals surface area contributed by atoms with Gasteiger partial charge in [-0.1, -0.05) is 48.0 Å². The van der Waals surface area contributed by atoms with Gasteiger partial charge in [-0.25, -0.2) is 4.79 Å². The highest BCUT2D eigenvalue weighted by atomic mass is 35.5. The number of methoxy groups -OCH3 is 1. The number of allylic oxidation sites excluding steroid dienone is 2. The first-order valence-electron chi connectivity index (χ1n) is 8.09. The van der Waals surface area contributed by atoms with Gasteiger partial charge in [0.1, 0.15) is 0 Å². The molecule has 4 heteroatoms. The Morgan fingerprint density at radius 2 is 2.00 bits per heavy atom. The van der Waals surface area contributed by atoms with Gasteiger partial charge in [-0.3, -0.25) is 0 Å². The fraction of sp³-hybridized carbons (Fsp3) is 0.250. The van der Waals surface area contributed by atoms with Crippen molar-refractivity contribution >= 4 is 23.3 Å². The Hall–Kier alpha value is -2.26. The summed E-state index contributed by atoms with van der Waals surface area (Å²) < 4.78 is 4.96. The lowest BCUT2D eigenvalue weighted by molar-refractivity contribution is 0.0601. The first kappa shape index (κ1) is 15.3. The first-order valence-corrected chi connectivity index (χ1v) is 8.46. The van der Waals surface area contributed by atoms with E-state index < -0.39 is 0 Å². The van der Waals surface area contributed by atoms with Crippen molar-refractivity contribution in [2.45, 2.75) is 18.4 Å². The minimum atomic E-state index is -0.311. The second-order valence-electron chi connectivity index (χ2n) is 6.29. The zero-order valence-electron chi connectivity index (χ0n) is 13.3. The molecule has 0 amide bonds. The van der Waals surface area contributed by atoms with Crippen LogP contribution in [0, 0.1) is 5.92 Å². The molecule has 122 valence electrons. The number of carbonyl (C=O) groups is 1. The van der Waals surface area contributed by atoms with E-state index in [1.54, 1.807) is 0 Å². The summed E-state index contributed by atoms with van der Waals surface area (Å²) in [5.41, 5.74) is 3.83. The molecule has 0 saturated heterocycles. The number of halogens is 1. The highest BCUT2D eigenvalue weighted by molar-refractivity contribution is 6.30. The zero-order chi connectivity index (χ0) is 16.7. The van der Waals surface area contributed by atoms with Crippen LogP contribution in [-0.4, -0.2) is 13.1 Å². The lowest BCUT2D eigenvalue weighted by Crippen LogP contribution is -2.30. The summed E-state index contributed by atoms with van der Waals surface area (Å²) in [7, 11) is 1.42. The zero-order valence-corrected chi connectivity index (χ0v) is 14.1. The maximum atomic E-state index is 12.2. The maximum Gasteiger partial charge on any atom is 0.339 e. The Labute approximate surface area is 146 Å². The van der Waals surface area contributed by atoms with E-state index in [1.165, 1.54) is 18.2 Å². The fourth-order valence-electron chi connectivity index (χ4n) is 3.90. The molecule has 1 aliphatic carbocycles. The van der Waals surface area contributed by atoms with Crippen LogP contribution in [0.25, 0.3) is 0 Å². The molecule has 3 atom stereocenters. The highest BCUT2D eigenvalue weighted by Gasteiger charge is 2.39. The van der Waals surface area contributed by atoms with Crippen LogP contribution in [0.4, 0.5) is 5.69 Å². The van der Waals surface area contributed by atoms with E-state index >= 15 is 0 Å². The number of hydrogen-bond acceptors (Lipinski definition) is 3. The molecule has 24 heavy (non-hydrogen) atoms. The van der Waals surface area contributed by atoms with Gasteiger partial charge in [0.2, 0.25) is 0 Å². The number of nitrogens with one attached hydrogen (secondary N) is 1. The van der Waals surface area contributed by atoms with Crippen molar-refractivity contribution in [3.05, 3.63) is 76.3 Å². The van der Waals surface area contributed by atoms with Gasteiger partial charge in [-0.15, -0.1) is 0 Å². The normalized spacial score (nSPS) is 24.0. The van der Waals surface area contributed by atoms with Crippen molar-refractivity contribution in [2.24, 2.45) is 5.92 Å². The van der Waals surface area contributed by atoms with Crippen LogP contribution in [0.5, 0.6) is 0 Å². The van der Waals surface area contributed by atoms with E-state index in [0.717, 1.165) is 17.1 Å². The molecule has 0 saturated carbocycles. The summed E-state index contributed by atoms with van der Waals surface area (Å²) in [5, 5.41) is 4.33.